The van der Waals surface area contributed by atoms with Crippen LogP contribution in [0.15, 0.2) is 24.3 Å². The number of aryl methyl sites for hydroxylation is 2. The van der Waals surface area contributed by atoms with Gasteiger partial charge in [-0.2, -0.15) is 0 Å². The summed E-state index contributed by atoms with van der Waals surface area (Å²) in [6.07, 6.45) is 0. The van der Waals surface area contributed by atoms with Crippen molar-refractivity contribution in [1.82, 2.24) is 4.98 Å². The van der Waals surface area contributed by atoms with Gasteiger partial charge in [-0.1, -0.05) is 12.2 Å². The van der Waals surface area contributed by atoms with E-state index in [-0.39, 0.29) is 0 Å². The summed E-state index contributed by atoms with van der Waals surface area (Å²) in [7, 11) is 0. The average molecular weight is 277 g/mol. The maximum absolute atomic E-state index is 5.64. The molecule has 2 aromatic heterocycles. The van der Waals surface area contributed by atoms with Crippen LogP contribution in [0, 0.1) is 13.8 Å². The minimum absolute atomic E-state index is 0.399. The molecule has 2 rings (SSSR count). The minimum Gasteiger partial charge on any atom is -0.389 e. The van der Waals surface area contributed by atoms with Crippen molar-refractivity contribution in [2.24, 2.45) is 5.73 Å². The maximum atomic E-state index is 5.64. The summed E-state index contributed by atoms with van der Waals surface area (Å²) in [5, 5.41) is 3.29. The van der Waals surface area contributed by atoms with E-state index in [1.54, 1.807) is 11.3 Å². The lowest BCUT2D eigenvalue weighted by molar-refractivity contribution is 1.11. The van der Waals surface area contributed by atoms with Crippen LogP contribution in [0.25, 0.3) is 0 Å². The smallest absolute Gasteiger partial charge is 0.127 e. The molecule has 0 fully saturated rings. The Morgan fingerprint density at radius 1 is 1.39 bits per heavy atom. The molecule has 0 amide bonds. The molecule has 0 aromatic carbocycles. The molecule has 5 heteroatoms. The van der Waals surface area contributed by atoms with Gasteiger partial charge in [-0.3, -0.25) is 0 Å². The summed E-state index contributed by atoms with van der Waals surface area (Å²) >= 11 is 6.77. The summed E-state index contributed by atoms with van der Waals surface area (Å²) in [5.41, 5.74) is 7.40. The zero-order valence-corrected chi connectivity index (χ0v) is 12.0. The number of nitrogens with two attached hydrogens (primary N) is 1. The van der Waals surface area contributed by atoms with Crippen LogP contribution >= 0.6 is 23.6 Å². The van der Waals surface area contributed by atoms with Gasteiger partial charge in [0.15, 0.2) is 0 Å². The minimum atomic E-state index is 0.399. The second kappa shape index (κ2) is 5.46. The standard InChI is InChI=1S/C13H15N3S2/c1-8-5-10(13(14)17)6-12(16-8)15-7-11-4-3-9(2)18-11/h3-6H,7H2,1-2H3,(H2,14,17)(H,15,16). The van der Waals surface area contributed by atoms with E-state index in [9.17, 15) is 0 Å². The first-order valence-corrected chi connectivity index (χ1v) is 6.85. The van der Waals surface area contributed by atoms with Crippen LogP contribution in [0.2, 0.25) is 0 Å². The normalized spacial score (nSPS) is 10.3. The highest BCUT2D eigenvalue weighted by atomic mass is 32.1. The van der Waals surface area contributed by atoms with E-state index in [4.69, 9.17) is 18.0 Å². The van der Waals surface area contributed by atoms with E-state index >= 15 is 0 Å². The van der Waals surface area contributed by atoms with Crippen molar-refractivity contribution < 1.29 is 0 Å². The molecule has 18 heavy (non-hydrogen) atoms. The van der Waals surface area contributed by atoms with Crippen molar-refractivity contribution in [2.75, 3.05) is 5.32 Å². The van der Waals surface area contributed by atoms with E-state index in [0.717, 1.165) is 23.6 Å². The quantitative estimate of drug-likeness (QED) is 0.844. The van der Waals surface area contributed by atoms with Gasteiger partial charge in [0.1, 0.15) is 10.8 Å². The fraction of sp³-hybridized carbons (Fsp3) is 0.231. The SMILES string of the molecule is Cc1cc(C(N)=S)cc(NCc2ccc(C)s2)n1. The van der Waals surface area contributed by atoms with Crippen molar-refractivity contribution in [2.45, 2.75) is 20.4 Å². The second-order valence-electron chi connectivity index (χ2n) is 4.11. The predicted molar refractivity (Wildman–Crippen MR) is 81.2 cm³/mol. The first-order chi connectivity index (χ1) is 8.54. The molecule has 0 atom stereocenters. The number of thiophene rings is 1. The third-order valence-corrected chi connectivity index (χ3v) is 3.71. The second-order valence-corrected chi connectivity index (χ2v) is 5.92. The van der Waals surface area contributed by atoms with Crippen LogP contribution < -0.4 is 11.1 Å². The zero-order chi connectivity index (χ0) is 13.1. The topological polar surface area (TPSA) is 50.9 Å². The van der Waals surface area contributed by atoms with Gasteiger partial charge in [0, 0.05) is 21.0 Å². The van der Waals surface area contributed by atoms with Crippen LogP contribution in [0.1, 0.15) is 21.0 Å². The maximum Gasteiger partial charge on any atom is 0.127 e. The largest absolute Gasteiger partial charge is 0.389 e. The Morgan fingerprint density at radius 2 is 2.17 bits per heavy atom. The van der Waals surface area contributed by atoms with Crippen molar-refractivity contribution in [3.63, 3.8) is 0 Å². The van der Waals surface area contributed by atoms with Gasteiger partial charge < -0.3 is 11.1 Å². The molecule has 0 bridgehead atoms. The van der Waals surface area contributed by atoms with Crippen molar-refractivity contribution in [3.8, 4) is 0 Å². The molecule has 94 valence electrons. The number of nitrogens with one attached hydrogen (secondary N) is 1. The third kappa shape index (κ3) is 3.27. The third-order valence-electron chi connectivity index (χ3n) is 2.48. The van der Waals surface area contributed by atoms with Gasteiger partial charge in [0.05, 0.1) is 6.54 Å². The predicted octanol–water partition coefficient (Wildman–Crippen LogP) is 3.01. The molecule has 2 aromatic rings. The Hall–Kier alpha value is -1.46. The summed E-state index contributed by atoms with van der Waals surface area (Å²) in [6, 6.07) is 8.02. The molecular weight excluding hydrogens is 262 g/mol. The molecule has 0 radical (unpaired) electrons. The van der Waals surface area contributed by atoms with Crippen molar-refractivity contribution >= 4 is 34.4 Å². The van der Waals surface area contributed by atoms with E-state index in [1.807, 2.05) is 19.1 Å². The van der Waals surface area contributed by atoms with E-state index < -0.39 is 0 Å². The van der Waals surface area contributed by atoms with E-state index in [0.29, 0.717) is 4.99 Å². The number of aromatic nitrogens is 1. The van der Waals surface area contributed by atoms with Crippen LogP contribution in [-0.2, 0) is 6.54 Å². The Balaban J connectivity index is 2.11. The fourth-order valence-corrected chi connectivity index (χ4v) is 2.61. The molecular formula is C13H15N3S2. The number of hydrogen-bond acceptors (Lipinski definition) is 4. The van der Waals surface area contributed by atoms with Crippen LogP contribution in [-0.4, -0.2) is 9.97 Å². The zero-order valence-electron chi connectivity index (χ0n) is 10.4. The highest BCUT2D eigenvalue weighted by Gasteiger charge is 2.03. The lowest BCUT2D eigenvalue weighted by Crippen LogP contribution is -2.11. The van der Waals surface area contributed by atoms with Gasteiger partial charge in [-0.15, -0.1) is 11.3 Å². The summed E-state index contributed by atoms with van der Waals surface area (Å²) < 4.78 is 0. The molecule has 0 spiro atoms. The lowest BCUT2D eigenvalue weighted by atomic mass is 10.2. The summed E-state index contributed by atoms with van der Waals surface area (Å²) in [6.45, 7) is 4.80. The Morgan fingerprint density at radius 3 is 2.78 bits per heavy atom. The van der Waals surface area contributed by atoms with Crippen molar-refractivity contribution in [3.05, 3.63) is 45.3 Å². The summed E-state index contributed by atoms with van der Waals surface area (Å²) in [4.78, 5) is 7.41. The number of nitrogens with zero attached hydrogens (tertiary/aromatic N) is 1. The Kier molecular flexibility index (Phi) is 3.93. The molecule has 0 aliphatic heterocycles. The summed E-state index contributed by atoms with van der Waals surface area (Å²) in [5.74, 6) is 0.809. The molecule has 3 N–H and O–H groups in total. The van der Waals surface area contributed by atoms with Crippen LogP contribution in [0.5, 0.6) is 0 Å². The van der Waals surface area contributed by atoms with Gasteiger partial charge in [-0.25, -0.2) is 4.98 Å². The molecule has 0 aliphatic rings. The molecule has 0 saturated carbocycles. The monoisotopic (exact) mass is 277 g/mol. The first kappa shape index (κ1) is 13.0. The average Bonchev–Trinajstić information content (AvgIpc) is 2.72. The molecule has 3 nitrogen and oxygen atoms in total. The highest BCUT2D eigenvalue weighted by molar-refractivity contribution is 7.80. The van der Waals surface area contributed by atoms with E-state index in [1.165, 1.54) is 9.75 Å². The van der Waals surface area contributed by atoms with E-state index in [2.05, 4.69) is 29.4 Å². The number of hydrogen-bond donors (Lipinski definition) is 2. The van der Waals surface area contributed by atoms with Gasteiger partial charge in [-0.05, 0) is 38.1 Å². The van der Waals surface area contributed by atoms with Crippen molar-refractivity contribution in [1.29, 1.82) is 0 Å². The highest BCUT2D eigenvalue weighted by Crippen LogP contribution is 2.17. The number of rotatable bonds is 4. The Labute approximate surface area is 116 Å². The van der Waals surface area contributed by atoms with Gasteiger partial charge >= 0.3 is 0 Å². The molecule has 0 aliphatic carbocycles. The molecule has 0 saturated heterocycles. The first-order valence-electron chi connectivity index (χ1n) is 5.62. The van der Waals surface area contributed by atoms with Gasteiger partial charge in [0.25, 0.3) is 0 Å². The Bertz CT molecular complexity index is 575. The molecule has 2 heterocycles. The molecule has 0 unspecified atom stereocenters. The fourth-order valence-electron chi connectivity index (χ4n) is 1.66. The van der Waals surface area contributed by atoms with Gasteiger partial charge in [0.2, 0.25) is 0 Å². The number of pyridine rings is 1. The van der Waals surface area contributed by atoms with Crippen LogP contribution in [0.4, 0.5) is 5.82 Å². The van der Waals surface area contributed by atoms with Crippen LogP contribution in [0.3, 0.4) is 0 Å². The lowest BCUT2D eigenvalue weighted by Gasteiger charge is -2.07. The number of anilines is 1. The number of thiocarbonyl (C=S) groups is 1.